The van der Waals surface area contributed by atoms with Crippen LogP contribution in [0.15, 0.2) is 47.4 Å². The molecule has 2 aromatic heterocycles. The summed E-state index contributed by atoms with van der Waals surface area (Å²) in [6, 6.07) is 10.8. The van der Waals surface area contributed by atoms with Gasteiger partial charge in [-0.2, -0.15) is 0 Å². The quantitative estimate of drug-likeness (QED) is 0.792. The maximum absolute atomic E-state index is 12.1. The highest BCUT2D eigenvalue weighted by Gasteiger charge is 2.10. The summed E-state index contributed by atoms with van der Waals surface area (Å²) in [5.74, 6) is -0.275. The van der Waals surface area contributed by atoms with Crippen molar-refractivity contribution in [3.05, 3.63) is 69.2 Å². The summed E-state index contributed by atoms with van der Waals surface area (Å²) in [5, 5.41) is 7.59. The monoisotopic (exact) mass is 330 g/mol. The molecule has 0 saturated carbocycles. The Morgan fingerprint density at radius 3 is 2.87 bits per heavy atom. The highest BCUT2D eigenvalue weighted by molar-refractivity contribution is 6.31. The van der Waals surface area contributed by atoms with Crippen LogP contribution in [-0.2, 0) is 17.9 Å². The molecule has 1 aromatic carbocycles. The number of aryl methyl sites for hydroxylation is 1. The van der Waals surface area contributed by atoms with Crippen molar-refractivity contribution in [2.45, 2.75) is 20.0 Å². The van der Waals surface area contributed by atoms with Crippen LogP contribution < -0.4 is 11.0 Å². The molecule has 2 heterocycles. The number of pyridine rings is 1. The molecule has 0 spiro atoms. The molecule has 0 aliphatic carbocycles. The fourth-order valence-electron chi connectivity index (χ4n) is 2.28. The lowest BCUT2D eigenvalue weighted by molar-refractivity contribution is -0.122. The third kappa shape index (κ3) is 3.27. The van der Waals surface area contributed by atoms with Crippen molar-refractivity contribution in [3.8, 4) is 0 Å². The second-order valence-corrected chi connectivity index (χ2v) is 5.64. The van der Waals surface area contributed by atoms with Gasteiger partial charge in [0.1, 0.15) is 6.54 Å². The standard InChI is InChI=1S/C16H15ClN4O2/c1-11-8-12(5-6-13(11)17)9-18-15(22)10-21-16(23)20-7-3-2-4-14(20)19-21/h2-8H,9-10H2,1H3,(H,18,22). The van der Waals surface area contributed by atoms with Gasteiger partial charge in [-0.1, -0.05) is 29.8 Å². The van der Waals surface area contributed by atoms with E-state index in [0.29, 0.717) is 17.2 Å². The second kappa shape index (κ2) is 6.26. The number of carbonyl (C=O) groups excluding carboxylic acids is 1. The number of nitrogens with one attached hydrogen (secondary N) is 1. The van der Waals surface area contributed by atoms with Crippen LogP contribution in [-0.4, -0.2) is 20.1 Å². The third-order valence-corrected chi connectivity index (χ3v) is 3.92. The number of nitrogens with zero attached hydrogens (tertiary/aromatic N) is 3. The number of fused-ring (bicyclic) bond motifs is 1. The molecule has 1 amide bonds. The van der Waals surface area contributed by atoms with E-state index in [1.165, 1.54) is 4.40 Å². The molecule has 0 bridgehead atoms. The zero-order valence-corrected chi connectivity index (χ0v) is 13.2. The average Bonchev–Trinajstić information content (AvgIpc) is 2.85. The SMILES string of the molecule is Cc1cc(CNC(=O)Cn2nc3ccccn3c2=O)ccc1Cl. The fourth-order valence-corrected chi connectivity index (χ4v) is 2.40. The molecule has 0 saturated heterocycles. The van der Waals surface area contributed by atoms with Crippen LogP contribution in [0.4, 0.5) is 0 Å². The van der Waals surface area contributed by atoms with Gasteiger partial charge in [-0.05, 0) is 36.2 Å². The van der Waals surface area contributed by atoms with Gasteiger partial charge < -0.3 is 5.32 Å². The Morgan fingerprint density at radius 2 is 2.13 bits per heavy atom. The molecule has 6 nitrogen and oxygen atoms in total. The zero-order chi connectivity index (χ0) is 16.4. The minimum atomic E-state index is -0.335. The minimum absolute atomic E-state index is 0.118. The molecule has 7 heteroatoms. The van der Waals surface area contributed by atoms with Gasteiger partial charge in [-0.15, -0.1) is 5.10 Å². The van der Waals surface area contributed by atoms with Crippen molar-refractivity contribution in [1.29, 1.82) is 0 Å². The summed E-state index contributed by atoms with van der Waals surface area (Å²) in [6.07, 6.45) is 1.62. The Labute approximate surface area is 137 Å². The lowest BCUT2D eigenvalue weighted by Gasteiger charge is -2.06. The summed E-state index contributed by atoms with van der Waals surface area (Å²) in [7, 11) is 0. The Balaban J connectivity index is 1.67. The molecule has 0 radical (unpaired) electrons. The summed E-state index contributed by atoms with van der Waals surface area (Å²) < 4.78 is 2.55. The van der Waals surface area contributed by atoms with Crippen LogP contribution in [0.1, 0.15) is 11.1 Å². The van der Waals surface area contributed by atoms with Crippen molar-refractivity contribution >= 4 is 23.2 Å². The molecule has 0 aliphatic heterocycles. The summed E-state index contributed by atoms with van der Waals surface area (Å²) in [4.78, 5) is 24.1. The first-order valence-electron chi connectivity index (χ1n) is 7.10. The topological polar surface area (TPSA) is 68.4 Å². The molecule has 23 heavy (non-hydrogen) atoms. The first kappa shape index (κ1) is 15.3. The van der Waals surface area contributed by atoms with E-state index in [1.54, 1.807) is 30.5 Å². The normalized spacial score (nSPS) is 10.9. The Bertz CT molecular complexity index is 929. The molecule has 0 aliphatic rings. The van der Waals surface area contributed by atoms with Gasteiger partial charge in [0, 0.05) is 17.8 Å². The fraction of sp³-hybridized carbons (Fsp3) is 0.188. The first-order valence-corrected chi connectivity index (χ1v) is 7.48. The molecule has 1 N–H and O–H groups in total. The average molecular weight is 331 g/mol. The predicted molar refractivity (Wildman–Crippen MR) is 87.5 cm³/mol. The highest BCUT2D eigenvalue weighted by Crippen LogP contribution is 2.16. The molecule has 0 fully saturated rings. The van der Waals surface area contributed by atoms with Gasteiger partial charge in [0.25, 0.3) is 0 Å². The van der Waals surface area contributed by atoms with Crippen molar-refractivity contribution < 1.29 is 4.79 Å². The van der Waals surface area contributed by atoms with Crippen LogP contribution in [0.3, 0.4) is 0 Å². The molecule has 0 unspecified atom stereocenters. The van der Waals surface area contributed by atoms with E-state index in [1.807, 2.05) is 19.1 Å². The number of hydrogen-bond acceptors (Lipinski definition) is 3. The Hall–Kier alpha value is -2.60. The molecule has 3 rings (SSSR count). The van der Waals surface area contributed by atoms with Crippen LogP contribution in [0.5, 0.6) is 0 Å². The van der Waals surface area contributed by atoms with Crippen LogP contribution in [0.2, 0.25) is 5.02 Å². The van der Waals surface area contributed by atoms with Gasteiger partial charge in [0.2, 0.25) is 5.91 Å². The number of aromatic nitrogens is 3. The zero-order valence-electron chi connectivity index (χ0n) is 12.5. The third-order valence-electron chi connectivity index (χ3n) is 3.49. The minimum Gasteiger partial charge on any atom is -0.350 e. The van der Waals surface area contributed by atoms with Gasteiger partial charge >= 0.3 is 5.69 Å². The van der Waals surface area contributed by atoms with Crippen molar-refractivity contribution in [2.24, 2.45) is 0 Å². The number of halogens is 1. The number of amides is 1. The maximum Gasteiger partial charge on any atom is 0.350 e. The summed E-state index contributed by atoms with van der Waals surface area (Å²) in [6.45, 7) is 2.16. The number of carbonyl (C=O) groups is 1. The lowest BCUT2D eigenvalue weighted by Crippen LogP contribution is -2.32. The van der Waals surface area contributed by atoms with Crippen molar-refractivity contribution in [1.82, 2.24) is 19.5 Å². The number of rotatable bonds is 4. The van der Waals surface area contributed by atoms with Crippen molar-refractivity contribution in [3.63, 3.8) is 0 Å². The second-order valence-electron chi connectivity index (χ2n) is 5.23. The van der Waals surface area contributed by atoms with E-state index in [4.69, 9.17) is 11.6 Å². The predicted octanol–water partition coefficient (Wildman–Crippen LogP) is 1.77. The van der Waals surface area contributed by atoms with Crippen molar-refractivity contribution in [2.75, 3.05) is 0 Å². The van der Waals surface area contributed by atoms with Gasteiger partial charge in [0.05, 0.1) is 0 Å². The summed E-state index contributed by atoms with van der Waals surface area (Å²) in [5.41, 5.74) is 2.08. The van der Waals surface area contributed by atoms with Crippen LogP contribution in [0, 0.1) is 6.92 Å². The van der Waals surface area contributed by atoms with E-state index in [2.05, 4.69) is 10.4 Å². The smallest absolute Gasteiger partial charge is 0.350 e. The van der Waals surface area contributed by atoms with E-state index >= 15 is 0 Å². The Morgan fingerprint density at radius 1 is 1.30 bits per heavy atom. The molecule has 3 aromatic rings. The lowest BCUT2D eigenvalue weighted by atomic mass is 10.1. The first-order chi connectivity index (χ1) is 11.0. The molecular weight excluding hydrogens is 316 g/mol. The van der Waals surface area contributed by atoms with Gasteiger partial charge in [-0.3, -0.25) is 9.20 Å². The van der Waals surface area contributed by atoms with Crippen LogP contribution >= 0.6 is 11.6 Å². The Kier molecular flexibility index (Phi) is 4.16. The van der Waals surface area contributed by atoms with E-state index < -0.39 is 0 Å². The van der Waals surface area contributed by atoms with E-state index in [9.17, 15) is 9.59 Å². The van der Waals surface area contributed by atoms with E-state index in [0.717, 1.165) is 15.8 Å². The van der Waals surface area contributed by atoms with Gasteiger partial charge in [0.15, 0.2) is 5.65 Å². The van der Waals surface area contributed by atoms with E-state index in [-0.39, 0.29) is 18.1 Å². The van der Waals surface area contributed by atoms with Gasteiger partial charge in [-0.25, -0.2) is 9.48 Å². The highest BCUT2D eigenvalue weighted by atomic mass is 35.5. The maximum atomic E-state index is 12.1. The number of hydrogen-bond donors (Lipinski definition) is 1. The number of benzene rings is 1. The largest absolute Gasteiger partial charge is 0.350 e. The van der Waals surface area contributed by atoms with Crippen LogP contribution in [0.25, 0.3) is 5.65 Å². The molecular formula is C16H15ClN4O2. The summed E-state index contributed by atoms with van der Waals surface area (Å²) >= 11 is 5.97. The molecule has 0 atom stereocenters. The molecule has 118 valence electrons.